The van der Waals surface area contributed by atoms with E-state index in [2.05, 4.69) is 31.0 Å². The van der Waals surface area contributed by atoms with Crippen LogP contribution in [0.2, 0.25) is 0 Å². The highest BCUT2D eigenvalue weighted by Crippen LogP contribution is 2.51. The molecule has 2 aliphatic rings. The van der Waals surface area contributed by atoms with Crippen LogP contribution in [0.1, 0.15) is 35.4 Å². The minimum atomic E-state index is -0.893. The van der Waals surface area contributed by atoms with Crippen LogP contribution in [0, 0.1) is 6.92 Å². The number of hydrogen-bond donors (Lipinski definition) is 1. The summed E-state index contributed by atoms with van der Waals surface area (Å²) >= 11 is 8.82. The first-order valence-electron chi connectivity index (χ1n) is 13.0. The first kappa shape index (κ1) is 27.0. The van der Waals surface area contributed by atoms with E-state index in [9.17, 15) is 9.90 Å². The molecule has 1 aromatic heterocycles. The highest BCUT2D eigenvalue weighted by molar-refractivity contribution is 8.01. The number of aromatic nitrogens is 1. The summed E-state index contributed by atoms with van der Waals surface area (Å²) in [6, 6.07) is 13.9. The summed E-state index contributed by atoms with van der Waals surface area (Å²) in [5.74, 6) is 0.780. The van der Waals surface area contributed by atoms with Gasteiger partial charge in [-0.3, -0.25) is 4.79 Å². The van der Waals surface area contributed by atoms with Gasteiger partial charge in [0.05, 0.1) is 17.7 Å². The van der Waals surface area contributed by atoms with Crippen molar-refractivity contribution in [2.45, 2.75) is 42.5 Å². The Labute approximate surface area is 233 Å². The second kappa shape index (κ2) is 11.3. The maximum atomic E-state index is 13.4. The zero-order valence-corrected chi connectivity index (χ0v) is 23.6. The molecule has 1 aliphatic carbocycles. The Bertz CT molecular complexity index is 1380. The van der Waals surface area contributed by atoms with Crippen LogP contribution < -0.4 is 0 Å². The number of halogens is 1. The van der Waals surface area contributed by atoms with Crippen molar-refractivity contribution in [3.8, 4) is 0 Å². The number of fused-ring (bicyclic) bond motifs is 1. The summed E-state index contributed by atoms with van der Waals surface area (Å²) in [6.45, 7) is 3.99. The number of aryl methyl sites for hydroxylation is 1. The van der Waals surface area contributed by atoms with Gasteiger partial charge in [-0.1, -0.05) is 48.6 Å². The van der Waals surface area contributed by atoms with Crippen molar-refractivity contribution in [3.63, 3.8) is 0 Å². The van der Waals surface area contributed by atoms with Gasteiger partial charge in [0.1, 0.15) is 10.3 Å². The van der Waals surface area contributed by atoms with Crippen LogP contribution in [-0.2, 0) is 16.1 Å². The van der Waals surface area contributed by atoms with Gasteiger partial charge in [0.15, 0.2) is 5.58 Å². The van der Waals surface area contributed by atoms with Crippen molar-refractivity contribution in [3.05, 3.63) is 83.3 Å². The third-order valence-corrected chi connectivity index (χ3v) is 9.88. The highest BCUT2D eigenvalue weighted by atomic mass is 35.5. The van der Waals surface area contributed by atoms with Crippen molar-refractivity contribution in [2.75, 3.05) is 32.9 Å². The van der Waals surface area contributed by atoms with E-state index in [4.69, 9.17) is 21.0 Å². The molecule has 2 unspecified atom stereocenters. The van der Waals surface area contributed by atoms with Crippen molar-refractivity contribution >= 4 is 45.9 Å². The molecule has 5 rings (SSSR count). The molecular weight excluding hydrogens is 518 g/mol. The van der Waals surface area contributed by atoms with Crippen molar-refractivity contribution in [2.24, 2.45) is 0 Å². The number of oxazole rings is 1. The van der Waals surface area contributed by atoms with Gasteiger partial charge in [-0.15, -0.1) is 23.4 Å². The van der Waals surface area contributed by atoms with Crippen LogP contribution in [0.25, 0.3) is 16.7 Å². The number of nitrogens with zero attached hydrogens (tertiary/aromatic N) is 3. The summed E-state index contributed by atoms with van der Waals surface area (Å²) < 4.78 is 5.42. The molecule has 1 amide bonds. The third-order valence-electron chi connectivity index (χ3n) is 7.76. The lowest BCUT2D eigenvalue weighted by Gasteiger charge is -2.37. The lowest BCUT2D eigenvalue weighted by molar-refractivity contribution is -0.129. The number of thioether (sulfide) groups is 1. The number of alkyl halides is 1. The van der Waals surface area contributed by atoms with E-state index in [1.807, 2.05) is 60.5 Å². The fourth-order valence-corrected chi connectivity index (χ4v) is 7.06. The summed E-state index contributed by atoms with van der Waals surface area (Å²) in [5, 5.41) is 9.08. The first-order chi connectivity index (χ1) is 18.3. The molecule has 3 aromatic rings. The van der Waals surface area contributed by atoms with Crippen LogP contribution >= 0.6 is 23.4 Å². The number of rotatable bonds is 7. The second-order valence-corrected chi connectivity index (χ2v) is 11.9. The van der Waals surface area contributed by atoms with Gasteiger partial charge in [-0.05, 0) is 74.3 Å². The largest absolute Gasteiger partial charge is 0.439 e. The number of piperidine rings is 1. The zero-order valence-electron chi connectivity index (χ0n) is 22.1. The normalized spacial score (nSPS) is 22.6. The van der Waals surface area contributed by atoms with Gasteiger partial charge in [0.25, 0.3) is 0 Å². The van der Waals surface area contributed by atoms with Gasteiger partial charge < -0.3 is 19.3 Å². The standard InChI is InChI=1S/C30H34ClN3O3S/c1-20-7-4-5-8-23(20)24-9-6-14-30(28(24)31,29-32-25-17-21(18-35)10-11-26(25)37-29)38-19-27(36)34(3)22-12-15-33(2)16-13-22/h4-11,14,17,22,28,35H,12-13,15-16,18-19H2,1-3H3. The van der Waals surface area contributed by atoms with E-state index in [1.54, 1.807) is 0 Å². The molecule has 1 fully saturated rings. The minimum Gasteiger partial charge on any atom is -0.439 e. The molecule has 1 N–H and O–H groups in total. The van der Waals surface area contributed by atoms with Crippen LogP contribution in [0.3, 0.4) is 0 Å². The maximum absolute atomic E-state index is 13.4. The number of amides is 1. The molecule has 38 heavy (non-hydrogen) atoms. The molecule has 2 atom stereocenters. The fourth-order valence-electron chi connectivity index (χ4n) is 5.29. The fraction of sp³-hybridized carbons (Fsp3) is 0.400. The molecule has 2 aromatic carbocycles. The van der Waals surface area contributed by atoms with Crippen LogP contribution in [0.15, 0.2) is 65.1 Å². The monoisotopic (exact) mass is 551 g/mol. The van der Waals surface area contributed by atoms with Crippen molar-refractivity contribution in [1.82, 2.24) is 14.8 Å². The van der Waals surface area contributed by atoms with E-state index in [-0.39, 0.29) is 24.3 Å². The van der Waals surface area contributed by atoms with Gasteiger partial charge in [0, 0.05) is 13.1 Å². The summed E-state index contributed by atoms with van der Waals surface area (Å²) in [4.78, 5) is 22.5. The van der Waals surface area contributed by atoms with E-state index in [0.717, 1.165) is 48.2 Å². The summed E-state index contributed by atoms with van der Waals surface area (Å²) in [5.41, 5.74) is 5.20. The predicted octanol–water partition coefficient (Wildman–Crippen LogP) is 5.37. The molecule has 0 spiro atoms. The number of allylic oxidation sites excluding steroid dienone is 3. The Morgan fingerprint density at radius 3 is 2.76 bits per heavy atom. The third kappa shape index (κ3) is 5.17. The number of likely N-dealkylation sites (tertiary alicyclic amines) is 1. The molecule has 8 heteroatoms. The minimum absolute atomic E-state index is 0.0754. The Kier molecular flexibility index (Phi) is 8.00. The number of aliphatic hydroxyl groups is 1. The Morgan fingerprint density at radius 2 is 2.03 bits per heavy atom. The number of hydrogen-bond acceptors (Lipinski definition) is 6. The van der Waals surface area contributed by atoms with Crippen molar-refractivity contribution < 1.29 is 14.3 Å². The first-order valence-corrected chi connectivity index (χ1v) is 14.4. The summed E-state index contributed by atoms with van der Waals surface area (Å²) in [6.07, 6.45) is 8.00. The average molecular weight is 552 g/mol. The topological polar surface area (TPSA) is 69.8 Å². The van der Waals surface area contributed by atoms with Gasteiger partial charge >= 0.3 is 0 Å². The molecule has 6 nitrogen and oxygen atoms in total. The molecule has 0 saturated carbocycles. The molecule has 0 bridgehead atoms. The van der Waals surface area contributed by atoms with Crippen LogP contribution in [0.4, 0.5) is 0 Å². The lowest BCUT2D eigenvalue weighted by atomic mass is 9.86. The Morgan fingerprint density at radius 1 is 1.26 bits per heavy atom. The smallest absolute Gasteiger partial charge is 0.232 e. The van der Waals surface area contributed by atoms with E-state index in [0.29, 0.717) is 17.0 Å². The zero-order chi connectivity index (χ0) is 26.9. The molecule has 1 saturated heterocycles. The molecule has 200 valence electrons. The Balaban J connectivity index is 1.49. The molecule has 1 aliphatic heterocycles. The predicted molar refractivity (Wildman–Crippen MR) is 155 cm³/mol. The Hall–Kier alpha value is -2.58. The number of aliphatic hydroxyl groups excluding tert-OH is 1. The van der Waals surface area contributed by atoms with E-state index in [1.165, 1.54) is 11.8 Å². The number of benzene rings is 2. The van der Waals surface area contributed by atoms with Gasteiger partial charge in [-0.2, -0.15) is 0 Å². The van der Waals surface area contributed by atoms with E-state index >= 15 is 0 Å². The van der Waals surface area contributed by atoms with Crippen LogP contribution in [-0.4, -0.2) is 70.2 Å². The highest BCUT2D eigenvalue weighted by Gasteiger charge is 2.47. The van der Waals surface area contributed by atoms with Gasteiger partial charge in [0.2, 0.25) is 11.8 Å². The summed E-state index contributed by atoms with van der Waals surface area (Å²) in [7, 11) is 4.03. The maximum Gasteiger partial charge on any atom is 0.232 e. The molecule has 0 radical (unpaired) electrons. The number of carbonyl (C=O) groups is 1. The second-order valence-electron chi connectivity index (χ2n) is 10.3. The van der Waals surface area contributed by atoms with Gasteiger partial charge in [-0.25, -0.2) is 4.98 Å². The number of carbonyl (C=O) groups excluding carboxylic acids is 1. The molecular formula is C30H34ClN3O3S. The van der Waals surface area contributed by atoms with E-state index < -0.39 is 10.1 Å². The van der Waals surface area contributed by atoms with Crippen LogP contribution in [0.5, 0.6) is 0 Å². The average Bonchev–Trinajstić information content (AvgIpc) is 3.37. The lowest BCUT2D eigenvalue weighted by Crippen LogP contribution is -2.45. The quantitative estimate of drug-likeness (QED) is 0.398. The molecule has 2 heterocycles. The SMILES string of the molecule is Cc1ccccc1C1=CC=CC(SCC(=O)N(C)C2CCN(C)CC2)(c2nc3cc(CO)ccc3o2)C1Cl. The van der Waals surface area contributed by atoms with Crippen molar-refractivity contribution in [1.29, 1.82) is 0 Å².